The third kappa shape index (κ3) is 4.37. The Morgan fingerprint density at radius 3 is 2.21 bits per heavy atom. The van der Waals surface area contributed by atoms with Crippen molar-refractivity contribution in [3.63, 3.8) is 0 Å². The zero-order valence-electron chi connectivity index (χ0n) is 8.69. The number of halogens is 8. The standard InChI is InChI=1S/C8H4ClF7N2O/c9-6-17-3(8(14,15)16)1-4(18-6)19-2-7(12,13)5(10)11/h1,5H,2H2. The molecular weight excluding hydrogens is 309 g/mol. The summed E-state index contributed by atoms with van der Waals surface area (Å²) in [6.45, 7) is -1.84. The van der Waals surface area contributed by atoms with Gasteiger partial charge in [0.15, 0.2) is 12.3 Å². The van der Waals surface area contributed by atoms with E-state index < -0.39 is 42.0 Å². The average Bonchev–Trinajstić information content (AvgIpc) is 2.24. The second kappa shape index (κ2) is 5.35. The van der Waals surface area contributed by atoms with Crippen molar-refractivity contribution in [1.29, 1.82) is 0 Å². The van der Waals surface area contributed by atoms with Gasteiger partial charge in [-0.25, -0.2) is 13.8 Å². The molecule has 0 spiro atoms. The summed E-state index contributed by atoms with van der Waals surface area (Å²) in [6.07, 6.45) is -8.93. The van der Waals surface area contributed by atoms with Crippen LogP contribution in [0, 0.1) is 0 Å². The third-order valence-electron chi connectivity index (χ3n) is 1.70. The van der Waals surface area contributed by atoms with Gasteiger partial charge in [0, 0.05) is 6.07 Å². The quantitative estimate of drug-likeness (QED) is 0.631. The summed E-state index contributed by atoms with van der Waals surface area (Å²) >= 11 is 5.13. The molecular formula is C8H4ClF7N2O. The highest BCUT2D eigenvalue weighted by atomic mass is 35.5. The lowest BCUT2D eigenvalue weighted by molar-refractivity contribution is -0.149. The van der Waals surface area contributed by atoms with Crippen molar-refractivity contribution in [2.45, 2.75) is 18.5 Å². The number of nitrogens with zero attached hydrogens (tertiary/aromatic N) is 2. The first-order valence-corrected chi connectivity index (χ1v) is 4.81. The zero-order chi connectivity index (χ0) is 14.8. The van der Waals surface area contributed by atoms with Gasteiger partial charge in [-0.15, -0.1) is 0 Å². The van der Waals surface area contributed by atoms with Crippen LogP contribution in [0.4, 0.5) is 30.7 Å². The van der Waals surface area contributed by atoms with E-state index in [1.807, 2.05) is 0 Å². The molecule has 0 bridgehead atoms. The highest BCUT2D eigenvalue weighted by Gasteiger charge is 2.42. The minimum Gasteiger partial charge on any atom is -0.471 e. The normalized spacial score (nSPS) is 12.9. The predicted molar refractivity (Wildman–Crippen MR) is 48.5 cm³/mol. The summed E-state index contributed by atoms with van der Waals surface area (Å²) in [6, 6.07) is 0.174. The average molecular weight is 313 g/mol. The molecule has 108 valence electrons. The van der Waals surface area contributed by atoms with Gasteiger partial charge in [0.25, 0.3) is 0 Å². The van der Waals surface area contributed by atoms with Crippen molar-refractivity contribution in [3.05, 3.63) is 17.0 Å². The molecule has 19 heavy (non-hydrogen) atoms. The van der Waals surface area contributed by atoms with Gasteiger partial charge in [0.05, 0.1) is 0 Å². The molecule has 0 saturated heterocycles. The van der Waals surface area contributed by atoms with Crippen LogP contribution in [0.15, 0.2) is 6.07 Å². The van der Waals surface area contributed by atoms with Gasteiger partial charge >= 0.3 is 18.5 Å². The Bertz CT molecular complexity index is 451. The van der Waals surface area contributed by atoms with E-state index in [4.69, 9.17) is 11.6 Å². The number of aromatic nitrogens is 2. The van der Waals surface area contributed by atoms with Crippen LogP contribution in [0.5, 0.6) is 5.88 Å². The Morgan fingerprint density at radius 2 is 1.74 bits per heavy atom. The fourth-order valence-corrected chi connectivity index (χ4v) is 1.02. The summed E-state index contributed by atoms with van der Waals surface area (Å²) in [5.41, 5.74) is -1.54. The molecule has 0 radical (unpaired) electrons. The first-order chi connectivity index (χ1) is 8.52. The number of rotatable bonds is 4. The van der Waals surface area contributed by atoms with E-state index in [2.05, 4.69) is 14.7 Å². The molecule has 1 aromatic heterocycles. The first kappa shape index (κ1) is 15.7. The SMILES string of the molecule is FC(F)C(F)(F)COc1cc(C(F)(F)F)nc(Cl)n1. The van der Waals surface area contributed by atoms with Gasteiger partial charge in [-0.05, 0) is 11.6 Å². The number of hydrogen-bond acceptors (Lipinski definition) is 3. The monoisotopic (exact) mass is 312 g/mol. The van der Waals surface area contributed by atoms with Crippen LogP contribution in [0.2, 0.25) is 5.28 Å². The maximum atomic E-state index is 12.5. The molecule has 0 unspecified atom stereocenters. The smallest absolute Gasteiger partial charge is 0.433 e. The number of hydrogen-bond donors (Lipinski definition) is 0. The summed E-state index contributed by atoms with van der Waals surface area (Å²) in [7, 11) is 0. The van der Waals surface area contributed by atoms with Crippen LogP contribution in [-0.4, -0.2) is 28.9 Å². The molecule has 0 amide bonds. The van der Waals surface area contributed by atoms with Crippen LogP contribution in [0.1, 0.15) is 5.69 Å². The van der Waals surface area contributed by atoms with E-state index >= 15 is 0 Å². The Morgan fingerprint density at radius 1 is 1.16 bits per heavy atom. The molecule has 1 heterocycles. The summed E-state index contributed by atoms with van der Waals surface area (Å²) < 4.78 is 89.5. The van der Waals surface area contributed by atoms with E-state index in [0.29, 0.717) is 0 Å². The molecule has 0 saturated carbocycles. The van der Waals surface area contributed by atoms with Gasteiger partial charge < -0.3 is 4.74 Å². The molecule has 0 fully saturated rings. The zero-order valence-corrected chi connectivity index (χ0v) is 9.44. The lowest BCUT2D eigenvalue weighted by atomic mass is 10.3. The van der Waals surface area contributed by atoms with Crippen LogP contribution in [0.25, 0.3) is 0 Å². The Kier molecular flexibility index (Phi) is 4.43. The summed E-state index contributed by atoms with van der Waals surface area (Å²) in [5.74, 6) is -5.50. The van der Waals surface area contributed by atoms with E-state index in [0.717, 1.165) is 0 Å². The third-order valence-corrected chi connectivity index (χ3v) is 1.87. The molecule has 0 N–H and O–H groups in total. The fraction of sp³-hybridized carbons (Fsp3) is 0.500. The molecule has 3 nitrogen and oxygen atoms in total. The van der Waals surface area contributed by atoms with Gasteiger partial charge in [0.2, 0.25) is 11.2 Å². The van der Waals surface area contributed by atoms with Gasteiger partial charge in [0.1, 0.15) is 0 Å². The minimum absolute atomic E-state index is 0.174. The second-order valence-electron chi connectivity index (χ2n) is 3.21. The largest absolute Gasteiger partial charge is 0.471 e. The van der Waals surface area contributed by atoms with Crippen LogP contribution >= 0.6 is 11.6 Å². The Labute approximate surface area is 106 Å². The molecule has 0 aromatic carbocycles. The van der Waals surface area contributed by atoms with Crippen LogP contribution < -0.4 is 4.74 Å². The van der Waals surface area contributed by atoms with Crippen LogP contribution in [-0.2, 0) is 6.18 Å². The maximum absolute atomic E-state index is 12.5. The van der Waals surface area contributed by atoms with Crippen molar-refractivity contribution >= 4 is 11.6 Å². The second-order valence-corrected chi connectivity index (χ2v) is 3.55. The first-order valence-electron chi connectivity index (χ1n) is 4.43. The van der Waals surface area contributed by atoms with Crippen molar-refractivity contribution in [3.8, 4) is 5.88 Å². The molecule has 0 aliphatic carbocycles. The van der Waals surface area contributed by atoms with Crippen LogP contribution in [0.3, 0.4) is 0 Å². The predicted octanol–water partition coefficient (Wildman–Crippen LogP) is 3.43. The lowest BCUT2D eigenvalue weighted by Gasteiger charge is -2.16. The molecule has 1 rings (SSSR count). The molecule has 1 aromatic rings. The van der Waals surface area contributed by atoms with Crippen molar-refractivity contribution in [2.24, 2.45) is 0 Å². The number of ether oxygens (including phenoxy) is 1. The van der Waals surface area contributed by atoms with E-state index in [-0.39, 0.29) is 6.07 Å². The Hall–Kier alpha value is -1.32. The van der Waals surface area contributed by atoms with Crippen molar-refractivity contribution < 1.29 is 35.5 Å². The number of alkyl halides is 7. The highest BCUT2D eigenvalue weighted by Crippen LogP contribution is 2.31. The summed E-state index contributed by atoms with van der Waals surface area (Å²) in [4.78, 5) is 5.86. The van der Waals surface area contributed by atoms with E-state index in [1.165, 1.54) is 0 Å². The lowest BCUT2D eigenvalue weighted by Crippen LogP contribution is -2.34. The molecule has 0 aliphatic heterocycles. The highest BCUT2D eigenvalue weighted by molar-refractivity contribution is 6.28. The van der Waals surface area contributed by atoms with E-state index in [1.54, 1.807) is 0 Å². The van der Waals surface area contributed by atoms with Crippen molar-refractivity contribution in [2.75, 3.05) is 6.61 Å². The van der Waals surface area contributed by atoms with Gasteiger partial charge in [-0.2, -0.15) is 26.9 Å². The summed E-state index contributed by atoms with van der Waals surface area (Å²) in [5, 5.41) is -0.912. The van der Waals surface area contributed by atoms with E-state index in [9.17, 15) is 30.7 Å². The maximum Gasteiger partial charge on any atom is 0.433 e. The fourth-order valence-electron chi connectivity index (χ4n) is 0.849. The molecule has 0 atom stereocenters. The minimum atomic E-state index is -4.91. The molecule has 11 heteroatoms. The van der Waals surface area contributed by atoms with Crippen molar-refractivity contribution in [1.82, 2.24) is 9.97 Å². The Balaban J connectivity index is 2.88. The molecule has 0 aliphatic rings. The van der Waals surface area contributed by atoms with Gasteiger partial charge in [-0.3, -0.25) is 0 Å². The topological polar surface area (TPSA) is 35.0 Å². The van der Waals surface area contributed by atoms with Gasteiger partial charge in [-0.1, -0.05) is 0 Å².